The molecule has 20 heavy (non-hydrogen) atoms. The smallest absolute Gasteiger partial charge is 0.240 e. The van der Waals surface area contributed by atoms with Crippen molar-refractivity contribution in [3.05, 3.63) is 24.0 Å². The molecule has 1 aromatic carbocycles. The van der Waals surface area contributed by atoms with Gasteiger partial charge in [-0.05, 0) is 37.3 Å². The minimum atomic E-state index is -3.75. The highest BCUT2D eigenvalue weighted by molar-refractivity contribution is 8.00. The largest absolute Gasteiger partial charge is 0.399 e. The number of nitrogens with one attached hydrogen (secondary N) is 1. The van der Waals surface area contributed by atoms with Gasteiger partial charge in [-0.3, -0.25) is 0 Å². The van der Waals surface area contributed by atoms with Crippen molar-refractivity contribution in [2.75, 3.05) is 18.5 Å². The van der Waals surface area contributed by atoms with Gasteiger partial charge in [-0.2, -0.15) is 11.8 Å². The summed E-state index contributed by atoms with van der Waals surface area (Å²) in [6.07, 6.45) is 3.65. The lowest BCUT2D eigenvalue weighted by Crippen LogP contribution is -2.39. The van der Waals surface area contributed by atoms with E-state index in [0.29, 0.717) is 6.54 Å². The Bertz CT molecular complexity index is 529. The van der Waals surface area contributed by atoms with E-state index in [2.05, 4.69) is 4.72 Å². The molecule has 114 valence electrons. The summed E-state index contributed by atoms with van der Waals surface area (Å²) < 4.78 is 40.0. The van der Waals surface area contributed by atoms with Gasteiger partial charge >= 0.3 is 0 Å². The zero-order valence-electron chi connectivity index (χ0n) is 11.9. The molecule has 0 spiro atoms. The minimum Gasteiger partial charge on any atom is -0.399 e. The first kappa shape index (κ1) is 17.3. The summed E-state index contributed by atoms with van der Waals surface area (Å²) in [5.74, 6) is -0.660. The predicted molar refractivity (Wildman–Crippen MR) is 82.8 cm³/mol. The Kier molecular flexibility index (Phi) is 5.85. The van der Waals surface area contributed by atoms with Gasteiger partial charge in [0.15, 0.2) is 0 Å². The standard InChI is InChI=1S/C13H21FN2O2S2/c1-4-13(5-2,19-3)9-16-20(17,18)12-7-10(14)6-11(15)8-12/h6-8,16H,4-5,9,15H2,1-3H3. The van der Waals surface area contributed by atoms with Crippen molar-refractivity contribution in [2.24, 2.45) is 0 Å². The molecule has 7 heteroatoms. The van der Waals surface area contributed by atoms with Crippen molar-refractivity contribution >= 4 is 27.5 Å². The van der Waals surface area contributed by atoms with E-state index in [1.807, 2.05) is 20.1 Å². The maximum Gasteiger partial charge on any atom is 0.240 e. The third-order valence-corrected chi connectivity index (χ3v) is 6.48. The van der Waals surface area contributed by atoms with Crippen LogP contribution in [0.25, 0.3) is 0 Å². The van der Waals surface area contributed by atoms with Gasteiger partial charge in [-0.1, -0.05) is 13.8 Å². The van der Waals surface area contributed by atoms with E-state index in [4.69, 9.17) is 5.73 Å². The Hall–Kier alpha value is -0.790. The summed E-state index contributed by atoms with van der Waals surface area (Å²) in [6, 6.07) is 3.31. The number of halogens is 1. The Balaban J connectivity index is 2.95. The zero-order valence-corrected chi connectivity index (χ0v) is 13.6. The Morgan fingerprint density at radius 1 is 1.30 bits per heavy atom. The number of hydrogen-bond acceptors (Lipinski definition) is 4. The molecule has 0 amide bonds. The van der Waals surface area contributed by atoms with Crippen LogP contribution in [0.5, 0.6) is 0 Å². The number of hydrogen-bond donors (Lipinski definition) is 2. The molecule has 0 unspecified atom stereocenters. The molecular weight excluding hydrogens is 299 g/mol. The number of benzene rings is 1. The SMILES string of the molecule is CCC(CC)(CNS(=O)(=O)c1cc(N)cc(F)c1)SC. The van der Waals surface area contributed by atoms with Gasteiger partial charge < -0.3 is 5.73 Å². The molecule has 0 aromatic heterocycles. The van der Waals surface area contributed by atoms with Crippen molar-refractivity contribution in [2.45, 2.75) is 36.3 Å². The number of sulfonamides is 1. The lowest BCUT2D eigenvalue weighted by Gasteiger charge is -2.29. The number of anilines is 1. The second-order valence-electron chi connectivity index (χ2n) is 4.64. The average Bonchev–Trinajstić information content (AvgIpc) is 2.40. The number of thioether (sulfide) groups is 1. The van der Waals surface area contributed by atoms with E-state index in [1.54, 1.807) is 11.8 Å². The fraction of sp³-hybridized carbons (Fsp3) is 0.538. The van der Waals surface area contributed by atoms with E-state index in [1.165, 1.54) is 6.07 Å². The molecular formula is C13H21FN2O2S2. The molecule has 0 saturated heterocycles. The maximum atomic E-state index is 13.3. The van der Waals surface area contributed by atoms with Crippen LogP contribution in [0.2, 0.25) is 0 Å². The first-order valence-corrected chi connectivity index (χ1v) is 9.10. The Morgan fingerprint density at radius 3 is 2.35 bits per heavy atom. The third-order valence-electron chi connectivity index (χ3n) is 3.51. The van der Waals surface area contributed by atoms with Crippen LogP contribution < -0.4 is 10.5 Å². The summed E-state index contributed by atoms with van der Waals surface area (Å²) in [4.78, 5) is -0.141. The average molecular weight is 320 g/mol. The van der Waals surface area contributed by atoms with Crippen LogP contribution in [-0.2, 0) is 10.0 Å². The normalized spacial score (nSPS) is 12.6. The van der Waals surface area contributed by atoms with E-state index < -0.39 is 15.8 Å². The molecule has 0 fully saturated rings. The fourth-order valence-corrected chi connectivity index (χ4v) is 3.99. The van der Waals surface area contributed by atoms with Gasteiger partial charge in [-0.15, -0.1) is 0 Å². The predicted octanol–water partition coefficient (Wildman–Crippen LogP) is 2.61. The van der Waals surface area contributed by atoms with Gasteiger partial charge in [0.2, 0.25) is 10.0 Å². The minimum absolute atomic E-state index is 0.0903. The topological polar surface area (TPSA) is 72.2 Å². The van der Waals surface area contributed by atoms with E-state index in [9.17, 15) is 12.8 Å². The molecule has 0 aliphatic rings. The van der Waals surface area contributed by atoms with Crippen LogP contribution in [0.1, 0.15) is 26.7 Å². The highest BCUT2D eigenvalue weighted by Crippen LogP contribution is 2.30. The zero-order chi connectivity index (χ0) is 15.4. The monoisotopic (exact) mass is 320 g/mol. The molecule has 0 heterocycles. The second kappa shape index (κ2) is 6.78. The van der Waals surface area contributed by atoms with Gasteiger partial charge in [0.05, 0.1) is 4.90 Å². The first-order valence-electron chi connectivity index (χ1n) is 6.39. The van der Waals surface area contributed by atoms with Gasteiger partial charge in [0, 0.05) is 17.0 Å². The summed E-state index contributed by atoms with van der Waals surface area (Å²) in [6.45, 7) is 4.35. The van der Waals surface area contributed by atoms with E-state index in [-0.39, 0.29) is 15.3 Å². The fourth-order valence-electron chi connectivity index (χ4n) is 1.91. The van der Waals surface area contributed by atoms with Gasteiger partial charge in [0.25, 0.3) is 0 Å². The summed E-state index contributed by atoms with van der Waals surface area (Å²) in [7, 11) is -3.75. The molecule has 0 bridgehead atoms. The van der Waals surface area contributed by atoms with Crippen molar-refractivity contribution in [1.29, 1.82) is 0 Å². The second-order valence-corrected chi connectivity index (χ2v) is 7.68. The summed E-state index contributed by atoms with van der Waals surface area (Å²) in [5.41, 5.74) is 5.57. The maximum absolute atomic E-state index is 13.3. The Labute approximate surface area is 124 Å². The number of rotatable bonds is 7. The molecule has 4 nitrogen and oxygen atoms in total. The molecule has 1 aromatic rings. The molecule has 3 N–H and O–H groups in total. The van der Waals surface area contributed by atoms with Gasteiger partial charge in [-0.25, -0.2) is 17.5 Å². The van der Waals surface area contributed by atoms with Crippen LogP contribution in [0, 0.1) is 5.82 Å². The van der Waals surface area contributed by atoms with E-state index in [0.717, 1.165) is 25.0 Å². The molecule has 1 rings (SSSR count). The molecule has 0 aliphatic heterocycles. The molecule has 0 aliphatic carbocycles. The quantitative estimate of drug-likeness (QED) is 0.758. The van der Waals surface area contributed by atoms with Crippen LogP contribution in [-0.4, -0.2) is 26.0 Å². The van der Waals surface area contributed by atoms with Crippen molar-refractivity contribution in [1.82, 2.24) is 4.72 Å². The van der Waals surface area contributed by atoms with Crippen LogP contribution in [0.3, 0.4) is 0 Å². The van der Waals surface area contributed by atoms with Gasteiger partial charge in [0.1, 0.15) is 5.82 Å². The molecule has 0 radical (unpaired) electrons. The third kappa shape index (κ3) is 4.10. The first-order chi connectivity index (χ1) is 9.28. The Morgan fingerprint density at radius 2 is 1.90 bits per heavy atom. The van der Waals surface area contributed by atoms with Crippen LogP contribution >= 0.6 is 11.8 Å². The van der Waals surface area contributed by atoms with Crippen LogP contribution in [0.4, 0.5) is 10.1 Å². The lowest BCUT2D eigenvalue weighted by atomic mass is 10.0. The number of nitrogens with two attached hydrogens (primary N) is 1. The highest BCUT2D eigenvalue weighted by atomic mass is 32.2. The van der Waals surface area contributed by atoms with E-state index >= 15 is 0 Å². The summed E-state index contributed by atoms with van der Waals surface area (Å²) in [5, 5.41) is 0. The van der Waals surface area contributed by atoms with Crippen molar-refractivity contribution in [3.8, 4) is 0 Å². The summed E-state index contributed by atoms with van der Waals surface area (Å²) >= 11 is 1.63. The van der Waals surface area contributed by atoms with Crippen molar-refractivity contribution in [3.63, 3.8) is 0 Å². The highest BCUT2D eigenvalue weighted by Gasteiger charge is 2.27. The van der Waals surface area contributed by atoms with Crippen molar-refractivity contribution < 1.29 is 12.8 Å². The molecule has 0 saturated carbocycles. The molecule has 0 atom stereocenters. The van der Waals surface area contributed by atoms with Crippen LogP contribution in [0.15, 0.2) is 23.1 Å². The lowest BCUT2D eigenvalue weighted by molar-refractivity contribution is 0.521. The number of nitrogen functional groups attached to an aromatic ring is 1.